The first-order chi connectivity index (χ1) is 14.2. The second kappa shape index (κ2) is 11.0. The van der Waals surface area contributed by atoms with Crippen LogP contribution in [0.15, 0.2) is 24.3 Å². The molecule has 0 saturated carbocycles. The summed E-state index contributed by atoms with van der Waals surface area (Å²) in [6, 6.07) is 6.74. The van der Waals surface area contributed by atoms with E-state index in [4.69, 9.17) is 9.47 Å². The summed E-state index contributed by atoms with van der Waals surface area (Å²) in [5.41, 5.74) is 1.19. The Morgan fingerprint density at radius 3 is 2.40 bits per heavy atom. The molecule has 1 aromatic rings. The monoisotopic (exact) mass is 418 g/mol. The molecule has 1 aliphatic heterocycles. The van der Waals surface area contributed by atoms with E-state index in [9.17, 15) is 14.4 Å². The molecule has 166 valence electrons. The SMILES string of the molecule is CC(C)CCOC(=O)CC1C(=O)NCCN1C(=O)C(C)Oc1ccc(C(C)C)cc1. The van der Waals surface area contributed by atoms with Gasteiger partial charge in [-0.2, -0.15) is 0 Å². The molecule has 2 atom stereocenters. The molecule has 0 aliphatic carbocycles. The first-order valence-electron chi connectivity index (χ1n) is 10.7. The number of nitrogens with zero attached hydrogens (tertiary/aromatic N) is 1. The van der Waals surface area contributed by atoms with Crippen LogP contribution >= 0.6 is 0 Å². The number of hydrogen-bond donors (Lipinski definition) is 1. The van der Waals surface area contributed by atoms with Crippen LogP contribution in [0.25, 0.3) is 0 Å². The van der Waals surface area contributed by atoms with Gasteiger partial charge in [0.15, 0.2) is 6.10 Å². The Morgan fingerprint density at radius 1 is 1.13 bits per heavy atom. The second-order valence-corrected chi connectivity index (χ2v) is 8.43. The number of esters is 1. The first kappa shape index (κ1) is 23.7. The van der Waals surface area contributed by atoms with Crippen molar-refractivity contribution in [2.24, 2.45) is 5.92 Å². The minimum Gasteiger partial charge on any atom is -0.481 e. The van der Waals surface area contributed by atoms with E-state index in [-0.39, 0.29) is 18.2 Å². The number of amides is 2. The average Bonchev–Trinajstić information content (AvgIpc) is 2.69. The lowest BCUT2D eigenvalue weighted by molar-refractivity contribution is -0.154. The zero-order valence-electron chi connectivity index (χ0n) is 18.6. The maximum atomic E-state index is 13.0. The number of ether oxygens (including phenoxy) is 2. The molecular formula is C23H34N2O5. The van der Waals surface area contributed by atoms with Crippen molar-refractivity contribution in [2.75, 3.05) is 19.7 Å². The maximum Gasteiger partial charge on any atom is 0.308 e. The van der Waals surface area contributed by atoms with Crippen molar-refractivity contribution in [3.8, 4) is 5.75 Å². The molecule has 1 N–H and O–H groups in total. The highest BCUT2D eigenvalue weighted by molar-refractivity contribution is 5.93. The van der Waals surface area contributed by atoms with Crippen LogP contribution < -0.4 is 10.1 Å². The van der Waals surface area contributed by atoms with E-state index in [1.165, 1.54) is 10.5 Å². The van der Waals surface area contributed by atoms with E-state index >= 15 is 0 Å². The predicted octanol–water partition coefficient (Wildman–Crippen LogP) is 2.88. The lowest BCUT2D eigenvalue weighted by atomic mass is 10.0. The summed E-state index contributed by atoms with van der Waals surface area (Å²) in [6.45, 7) is 10.9. The van der Waals surface area contributed by atoms with Crippen molar-refractivity contribution in [3.63, 3.8) is 0 Å². The molecular weight excluding hydrogens is 384 g/mol. The van der Waals surface area contributed by atoms with Gasteiger partial charge in [-0.15, -0.1) is 0 Å². The molecule has 2 unspecified atom stereocenters. The fourth-order valence-electron chi connectivity index (χ4n) is 3.23. The molecule has 1 saturated heterocycles. The summed E-state index contributed by atoms with van der Waals surface area (Å²) in [7, 11) is 0. The molecule has 7 nitrogen and oxygen atoms in total. The van der Waals surface area contributed by atoms with Crippen molar-refractivity contribution in [3.05, 3.63) is 29.8 Å². The van der Waals surface area contributed by atoms with Crippen molar-refractivity contribution >= 4 is 17.8 Å². The fourth-order valence-corrected chi connectivity index (χ4v) is 3.23. The zero-order valence-corrected chi connectivity index (χ0v) is 18.6. The third-order valence-electron chi connectivity index (χ3n) is 5.14. The minimum absolute atomic E-state index is 0.161. The van der Waals surface area contributed by atoms with Gasteiger partial charge in [-0.05, 0) is 42.9 Å². The van der Waals surface area contributed by atoms with Crippen LogP contribution in [0.1, 0.15) is 58.9 Å². The number of nitrogens with one attached hydrogen (secondary N) is 1. The van der Waals surface area contributed by atoms with E-state index in [0.29, 0.717) is 37.3 Å². The van der Waals surface area contributed by atoms with Crippen LogP contribution in [0, 0.1) is 5.92 Å². The number of rotatable bonds is 9. The minimum atomic E-state index is -0.882. The van der Waals surface area contributed by atoms with Crippen LogP contribution in [0.4, 0.5) is 0 Å². The number of piperazine rings is 1. The quantitative estimate of drug-likeness (QED) is 0.624. The van der Waals surface area contributed by atoms with Crippen molar-refractivity contribution in [1.82, 2.24) is 10.2 Å². The molecule has 7 heteroatoms. The van der Waals surface area contributed by atoms with E-state index in [0.717, 1.165) is 6.42 Å². The standard InChI is InChI=1S/C23H34N2O5/c1-15(2)10-13-29-21(26)14-20-22(27)24-11-12-25(20)23(28)17(5)30-19-8-6-18(7-9-19)16(3)4/h6-9,15-17,20H,10-14H2,1-5H3,(H,24,27). The highest BCUT2D eigenvalue weighted by atomic mass is 16.5. The average molecular weight is 419 g/mol. The third kappa shape index (κ3) is 6.75. The molecule has 1 aliphatic rings. The highest BCUT2D eigenvalue weighted by Gasteiger charge is 2.37. The fraction of sp³-hybridized carbons (Fsp3) is 0.609. The second-order valence-electron chi connectivity index (χ2n) is 8.43. The number of hydrogen-bond acceptors (Lipinski definition) is 5. The molecule has 1 aromatic carbocycles. The number of carbonyl (C=O) groups is 3. The summed E-state index contributed by atoms with van der Waals surface area (Å²) in [5, 5.41) is 2.72. The molecule has 1 heterocycles. The van der Waals surface area contributed by atoms with E-state index in [1.54, 1.807) is 6.92 Å². The Labute approximate surface area is 179 Å². The van der Waals surface area contributed by atoms with Gasteiger partial charge in [-0.25, -0.2) is 0 Å². The van der Waals surface area contributed by atoms with Gasteiger partial charge in [-0.3, -0.25) is 14.4 Å². The summed E-state index contributed by atoms with van der Waals surface area (Å²) in [6.07, 6.45) is -0.183. The molecule has 1 fully saturated rings. The van der Waals surface area contributed by atoms with E-state index in [2.05, 4.69) is 19.2 Å². The molecule has 0 aromatic heterocycles. The molecule has 0 radical (unpaired) electrons. The van der Waals surface area contributed by atoms with Crippen molar-refractivity contribution in [1.29, 1.82) is 0 Å². The molecule has 2 rings (SSSR count). The molecule has 0 spiro atoms. The van der Waals surface area contributed by atoms with Gasteiger partial charge >= 0.3 is 5.97 Å². The normalized spacial score (nSPS) is 17.6. The van der Waals surface area contributed by atoms with Gasteiger partial charge < -0.3 is 19.7 Å². The lowest BCUT2D eigenvalue weighted by Gasteiger charge is -2.36. The van der Waals surface area contributed by atoms with Gasteiger partial charge in [0.2, 0.25) is 5.91 Å². The molecule has 0 bridgehead atoms. The Bertz CT molecular complexity index is 730. The van der Waals surface area contributed by atoms with Gasteiger partial charge in [0.1, 0.15) is 11.8 Å². The maximum absolute atomic E-state index is 13.0. The van der Waals surface area contributed by atoms with Crippen LogP contribution in [-0.2, 0) is 19.1 Å². The highest BCUT2D eigenvalue weighted by Crippen LogP contribution is 2.20. The number of carbonyl (C=O) groups excluding carboxylic acids is 3. The van der Waals surface area contributed by atoms with Crippen LogP contribution in [-0.4, -0.2) is 54.5 Å². The number of benzene rings is 1. The van der Waals surface area contributed by atoms with Crippen molar-refractivity contribution < 1.29 is 23.9 Å². The van der Waals surface area contributed by atoms with Gasteiger partial charge in [-0.1, -0.05) is 39.8 Å². The predicted molar refractivity (Wildman–Crippen MR) is 114 cm³/mol. The van der Waals surface area contributed by atoms with Gasteiger partial charge in [0.05, 0.1) is 13.0 Å². The van der Waals surface area contributed by atoms with Crippen LogP contribution in [0.3, 0.4) is 0 Å². The Morgan fingerprint density at radius 2 is 1.80 bits per heavy atom. The first-order valence-corrected chi connectivity index (χ1v) is 10.7. The van der Waals surface area contributed by atoms with Crippen LogP contribution in [0.5, 0.6) is 5.75 Å². The smallest absolute Gasteiger partial charge is 0.308 e. The lowest BCUT2D eigenvalue weighted by Crippen LogP contribution is -2.60. The molecule has 30 heavy (non-hydrogen) atoms. The zero-order chi connectivity index (χ0) is 22.3. The van der Waals surface area contributed by atoms with Gasteiger partial charge in [0, 0.05) is 13.1 Å². The summed E-state index contributed by atoms with van der Waals surface area (Å²) in [5.74, 6) is 0.272. The Kier molecular flexibility index (Phi) is 8.69. The Balaban J connectivity index is 1.99. The Hall–Kier alpha value is -2.57. The summed E-state index contributed by atoms with van der Waals surface area (Å²) >= 11 is 0. The third-order valence-corrected chi connectivity index (χ3v) is 5.14. The van der Waals surface area contributed by atoms with Crippen LogP contribution in [0.2, 0.25) is 0 Å². The van der Waals surface area contributed by atoms with E-state index in [1.807, 2.05) is 38.1 Å². The topological polar surface area (TPSA) is 84.9 Å². The molecule has 2 amide bonds. The summed E-state index contributed by atoms with van der Waals surface area (Å²) < 4.78 is 11.0. The largest absolute Gasteiger partial charge is 0.481 e. The van der Waals surface area contributed by atoms with Gasteiger partial charge in [0.25, 0.3) is 5.91 Å². The van der Waals surface area contributed by atoms with Crippen molar-refractivity contribution in [2.45, 2.75) is 65.5 Å². The van der Waals surface area contributed by atoms with E-state index < -0.39 is 18.1 Å². The summed E-state index contributed by atoms with van der Waals surface area (Å²) in [4.78, 5) is 39.0.